The van der Waals surface area contributed by atoms with Crippen LogP contribution in [0.4, 0.5) is 0 Å². The summed E-state index contributed by atoms with van der Waals surface area (Å²) in [5, 5.41) is 12.9. The molecule has 2 rings (SSSR count). The summed E-state index contributed by atoms with van der Waals surface area (Å²) in [4.78, 5) is 13.6. The smallest absolute Gasteiger partial charge is 0.261 e. The van der Waals surface area contributed by atoms with E-state index >= 15 is 0 Å². The van der Waals surface area contributed by atoms with Gasteiger partial charge in [0.05, 0.1) is 17.6 Å². The number of hydrogen-bond acceptors (Lipinski definition) is 4. The maximum atomic E-state index is 12.0. The molecule has 0 bridgehead atoms. The van der Waals surface area contributed by atoms with E-state index in [9.17, 15) is 9.90 Å². The van der Waals surface area contributed by atoms with Crippen molar-refractivity contribution in [2.45, 2.75) is 6.10 Å². The van der Waals surface area contributed by atoms with Crippen LogP contribution >= 0.6 is 22.9 Å². The molecule has 0 saturated heterocycles. The van der Waals surface area contributed by atoms with Crippen LogP contribution < -0.4 is 5.32 Å². The average molecular weight is 326 g/mol. The first-order chi connectivity index (χ1) is 10.1. The van der Waals surface area contributed by atoms with E-state index in [1.165, 1.54) is 18.4 Å². The Morgan fingerprint density at radius 1 is 1.33 bits per heavy atom. The lowest BCUT2D eigenvalue weighted by Gasteiger charge is -2.09. The molecule has 0 radical (unpaired) electrons. The Hall–Kier alpha value is -1.40. The molecule has 1 aromatic heterocycles. The number of aliphatic hydroxyl groups is 1. The molecule has 0 aliphatic carbocycles. The SMILES string of the molecule is COCC(O)CNC(=O)c1ccc(-c2ccc(Cl)cc2)s1. The van der Waals surface area contributed by atoms with Gasteiger partial charge in [0.15, 0.2) is 0 Å². The van der Waals surface area contributed by atoms with Crippen molar-refractivity contribution in [3.05, 3.63) is 46.3 Å². The van der Waals surface area contributed by atoms with Gasteiger partial charge in [0, 0.05) is 23.6 Å². The van der Waals surface area contributed by atoms with Gasteiger partial charge >= 0.3 is 0 Å². The molecule has 4 nitrogen and oxygen atoms in total. The van der Waals surface area contributed by atoms with Crippen LogP contribution in [0.1, 0.15) is 9.67 Å². The monoisotopic (exact) mass is 325 g/mol. The highest BCUT2D eigenvalue weighted by atomic mass is 35.5. The van der Waals surface area contributed by atoms with Crippen LogP contribution in [-0.2, 0) is 4.74 Å². The third kappa shape index (κ3) is 4.54. The summed E-state index contributed by atoms with van der Waals surface area (Å²) in [6.45, 7) is 0.363. The second kappa shape index (κ2) is 7.56. The minimum Gasteiger partial charge on any atom is -0.389 e. The van der Waals surface area contributed by atoms with Gasteiger partial charge in [-0.25, -0.2) is 0 Å². The molecule has 112 valence electrons. The van der Waals surface area contributed by atoms with E-state index < -0.39 is 6.10 Å². The van der Waals surface area contributed by atoms with Gasteiger partial charge in [0.2, 0.25) is 0 Å². The zero-order valence-corrected chi connectivity index (χ0v) is 13.1. The van der Waals surface area contributed by atoms with E-state index in [1.54, 1.807) is 6.07 Å². The van der Waals surface area contributed by atoms with Crippen LogP contribution in [0.15, 0.2) is 36.4 Å². The highest BCUT2D eigenvalue weighted by Gasteiger charge is 2.12. The first-order valence-corrected chi connectivity index (χ1v) is 7.60. The number of carbonyl (C=O) groups excluding carboxylic acids is 1. The molecule has 0 saturated carbocycles. The summed E-state index contributed by atoms with van der Waals surface area (Å²) in [5.74, 6) is -0.199. The normalized spacial score (nSPS) is 12.1. The molecule has 1 atom stereocenters. The van der Waals surface area contributed by atoms with Crippen molar-refractivity contribution in [1.82, 2.24) is 5.32 Å². The summed E-state index contributed by atoms with van der Waals surface area (Å²) in [6, 6.07) is 11.1. The summed E-state index contributed by atoms with van der Waals surface area (Å²) >= 11 is 7.25. The molecule has 6 heteroatoms. The highest BCUT2D eigenvalue weighted by molar-refractivity contribution is 7.17. The van der Waals surface area contributed by atoms with Gasteiger partial charge < -0.3 is 15.2 Å². The van der Waals surface area contributed by atoms with Gasteiger partial charge in [-0.15, -0.1) is 11.3 Å². The average Bonchev–Trinajstić information content (AvgIpc) is 2.96. The first-order valence-electron chi connectivity index (χ1n) is 6.41. The topological polar surface area (TPSA) is 58.6 Å². The Balaban J connectivity index is 1.99. The fraction of sp³-hybridized carbons (Fsp3) is 0.267. The van der Waals surface area contributed by atoms with Crippen LogP contribution in [0.5, 0.6) is 0 Å². The van der Waals surface area contributed by atoms with Crippen LogP contribution in [-0.4, -0.2) is 37.4 Å². The fourth-order valence-electron chi connectivity index (χ4n) is 1.78. The van der Waals surface area contributed by atoms with Crippen molar-refractivity contribution >= 4 is 28.8 Å². The lowest BCUT2D eigenvalue weighted by Crippen LogP contribution is -2.33. The Kier molecular flexibility index (Phi) is 5.76. The molecule has 1 heterocycles. The standard InChI is InChI=1S/C15H16ClNO3S/c1-20-9-12(18)8-17-15(19)14-7-6-13(21-14)10-2-4-11(16)5-3-10/h2-7,12,18H,8-9H2,1H3,(H,17,19). The third-order valence-corrected chi connectivity index (χ3v) is 4.20. The van der Waals surface area contributed by atoms with Gasteiger partial charge in [0.25, 0.3) is 5.91 Å². The minimum absolute atomic E-state index is 0.168. The van der Waals surface area contributed by atoms with Crippen molar-refractivity contribution in [3.63, 3.8) is 0 Å². The van der Waals surface area contributed by atoms with Gasteiger partial charge in [-0.3, -0.25) is 4.79 Å². The van der Waals surface area contributed by atoms with Crippen LogP contribution in [0, 0.1) is 0 Å². The molecule has 0 fully saturated rings. The lowest BCUT2D eigenvalue weighted by molar-refractivity contribution is 0.0611. The maximum Gasteiger partial charge on any atom is 0.261 e. The molecule has 2 N–H and O–H groups in total. The molecular formula is C15H16ClNO3S. The molecule has 21 heavy (non-hydrogen) atoms. The van der Waals surface area contributed by atoms with Crippen molar-refractivity contribution in [1.29, 1.82) is 0 Å². The van der Waals surface area contributed by atoms with Crippen molar-refractivity contribution in [2.24, 2.45) is 0 Å². The number of thiophene rings is 1. The molecule has 2 aromatic rings. The zero-order valence-electron chi connectivity index (χ0n) is 11.5. The van der Waals surface area contributed by atoms with Gasteiger partial charge in [-0.1, -0.05) is 23.7 Å². The number of rotatable bonds is 6. The molecule has 1 unspecified atom stereocenters. The maximum absolute atomic E-state index is 12.0. The number of nitrogens with one attached hydrogen (secondary N) is 1. The molecule has 0 spiro atoms. The number of halogens is 1. The van der Waals surface area contributed by atoms with Crippen molar-refractivity contribution in [2.75, 3.05) is 20.3 Å². The molecular weight excluding hydrogens is 310 g/mol. The van der Waals surface area contributed by atoms with E-state index in [0.717, 1.165) is 10.4 Å². The second-order valence-electron chi connectivity index (χ2n) is 4.49. The van der Waals surface area contributed by atoms with Crippen molar-refractivity contribution in [3.8, 4) is 10.4 Å². The number of benzene rings is 1. The summed E-state index contributed by atoms with van der Waals surface area (Å²) in [5.41, 5.74) is 1.02. The Bertz CT molecular complexity index is 597. The largest absolute Gasteiger partial charge is 0.389 e. The van der Waals surface area contributed by atoms with E-state index in [4.69, 9.17) is 16.3 Å². The fourth-order valence-corrected chi connectivity index (χ4v) is 2.83. The number of amides is 1. The van der Waals surface area contributed by atoms with E-state index in [1.807, 2.05) is 30.3 Å². The van der Waals surface area contributed by atoms with Crippen LogP contribution in [0.2, 0.25) is 5.02 Å². The Labute approximate surface area is 132 Å². The van der Waals surface area contributed by atoms with Gasteiger partial charge in [0.1, 0.15) is 0 Å². The quantitative estimate of drug-likeness (QED) is 0.858. The number of hydrogen-bond donors (Lipinski definition) is 2. The Morgan fingerprint density at radius 2 is 2.05 bits per heavy atom. The number of aliphatic hydroxyl groups excluding tert-OH is 1. The summed E-state index contributed by atoms with van der Waals surface area (Å²) in [7, 11) is 1.50. The van der Waals surface area contributed by atoms with Crippen LogP contribution in [0.3, 0.4) is 0 Å². The summed E-state index contributed by atoms with van der Waals surface area (Å²) < 4.78 is 4.80. The molecule has 0 aliphatic heterocycles. The highest BCUT2D eigenvalue weighted by Crippen LogP contribution is 2.28. The van der Waals surface area contributed by atoms with E-state index in [0.29, 0.717) is 9.90 Å². The van der Waals surface area contributed by atoms with E-state index in [-0.39, 0.29) is 19.1 Å². The number of carbonyl (C=O) groups is 1. The Morgan fingerprint density at radius 3 is 2.71 bits per heavy atom. The van der Waals surface area contributed by atoms with Gasteiger partial charge in [-0.2, -0.15) is 0 Å². The first kappa shape index (κ1) is 16.0. The molecule has 1 amide bonds. The molecule has 1 aromatic carbocycles. The predicted octanol–water partition coefficient (Wildman–Crippen LogP) is 2.81. The third-order valence-electron chi connectivity index (χ3n) is 2.82. The van der Waals surface area contributed by atoms with Gasteiger partial charge in [-0.05, 0) is 29.8 Å². The predicted molar refractivity (Wildman–Crippen MR) is 85.0 cm³/mol. The number of methoxy groups -OCH3 is 1. The lowest BCUT2D eigenvalue weighted by atomic mass is 10.2. The van der Waals surface area contributed by atoms with Crippen LogP contribution in [0.25, 0.3) is 10.4 Å². The number of ether oxygens (including phenoxy) is 1. The second-order valence-corrected chi connectivity index (χ2v) is 6.01. The zero-order chi connectivity index (χ0) is 15.2. The minimum atomic E-state index is -0.699. The van der Waals surface area contributed by atoms with E-state index in [2.05, 4.69) is 5.32 Å². The van der Waals surface area contributed by atoms with Crippen molar-refractivity contribution < 1.29 is 14.6 Å². The molecule has 0 aliphatic rings. The summed E-state index contributed by atoms with van der Waals surface area (Å²) in [6.07, 6.45) is -0.699.